The summed E-state index contributed by atoms with van der Waals surface area (Å²) in [4.78, 5) is 0. The van der Waals surface area contributed by atoms with E-state index in [1.807, 2.05) is 0 Å². The summed E-state index contributed by atoms with van der Waals surface area (Å²) >= 11 is 0. The molecule has 0 aliphatic heterocycles. The van der Waals surface area contributed by atoms with Crippen molar-refractivity contribution in [3.05, 3.63) is 12.2 Å². The van der Waals surface area contributed by atoms with E-state index >= 15 is 0 Å². The van der Waals surface area contributed by atoms with E-state index in [0.29, 0.717) is 5.92 Å². The van der Waals surface area contributed by atoms with Crippen molar-refractivity contribution in [3.63, 3.8) is 0 Å². The van der Waals surface area contributed by atoms with Crippen LogP contribution >= 0.6 is 9.24 Å². The van der Waals surface area contributed by atoms with Crippen LogP contribution in [0.15, 0.2) is 12.2 Å². The van der Waals surface area contributed by atoms with Crippen molar-refractivity contribution in [1.29, 1.82) is 0 Å². The maximum atomic E-state index is 4.00. The van der Waals surface area contributed by atoms with Crippen LogP contribution in [0.3, 0.4) is 0 Å². The second-order valence-electron chi connectivity index (χ2n) is 3.40. The Labute approximate surface area is 60.9 Å². The number of allylic oxidation sites excluding steroid dienone is 1. The molecule has 0 aliphatic rings. The first-order valence-corrected chi connectivity index (χ1v) is 3.91. The van der Waals surface area contributed by atoms with Gasteiger partial charge in [0.05, 0.1) is 0 Å². The SMILES string of the molecule is C=C(C(C)C)C(C)(C)P. The molecule has 0 fully saturated rings. The van der Waals surface area contributed by atoms with Crippen molar-refractivity contribution in [2.45, 2.75) is 32.9 Å². The van der Waals surface area contributed by atoms with E-state index in [1.165, 1.54) is 5.57 Å². The average molecular weight is 144 g/mol. The lowest BCUT2D eigenvalue weighted by atomic mass is 9.94. The minimum Gasteiger partial charge on any atom is -0.127 e. The number of hydrogen-bond acceptors (Lipinski definition) is 0. The molecule has 1 unspecified atom stereocenters. The van der Waals surface area contributed by atoms with Crippen LogP contribution < -0.4 is 0 Å². The third-order valence-corrected chi connectivity index (χ3v) is 1.90. The van der Waals surface area contributed by atoms with Gasteiger partial charge in [0.2, 0.25) is 0 Å². The Bertz CT molecular complexity index is 106. The summed E-state index contributed by atoms with van der Waals surface area (Å²) in [6.45, 7) is 12.7. The molecule has 0 aromatic heterocycles. The first-order chi connectivity index (χ1) is 3.85. The molecule has 0 spiro atoms. The number of hydrogen-bond donors (Lipinski definition) is 0. The molecular formula is C8H17P. The zero-order valence-corrected chi connectivity index (χ0v) is 8.02. The van der Waals surface area contributed by atoms with Gasteiger partial charge in [-0.1, -0.05) is 39.8 Å². The second-order valence-corrected chi connectivity index (χ2v) is 4.85. The molecule has 9 heavy (non-hydrogen) atoms. The fourth-order valence-corrected chi connectivity index (χ4v) is 1.08. The van der Waals surface area contributed by atoms with E-state index in [0.717, 1.165) is 0 Å². The van der Waals surface area contributed by atoms with E-state index in [2.05, 4.69) is 43.5 Å². The highest BCUT2D eigenvalue weighted by Gasteiger charge is 2.16. The highest BCUT2D eigenvalue weighted by Crippen LogP contribution is 2.29. The molecule has 0 aliphatic carbocycles. The highest BCUT2D eigenvalue weighted by molar-refractivity contribution is 7.19. The van der Waals surface area contributed by atoms with Crippen LogP contribution in [-0.2, 0) is 0 Å². The Kier molecular flexibility index (Phi) is 2.89. The zero-order chi connectivity index (χ0) is 7.65. The van der Waals surface area contributed by atoms with Gasteiger partial charge in [0.1, 0.15) is 0 Å². The molecule has 0 bridgehead atoms. The molecule has 0 aromatic carbocycles. The van der Waals surface area contributed by atoms with Gasteiger partial charge in [-0.2, -0.15) is 0 Å². The molecule has 0 amide bonds. The largest absolute Gasteiger partial charge is 0.127 e. The van der Waals surface area contributed by atoms with Gasteiger partial charge in [-0.15, -0.1) is 9.24 Å². The average Bonchev–Trinajstić information content (AvgIpc) is 1.62. The molecule has 1 atom stereocenters. The third-order valence-electron chi connectivity index (χ3n) is 1.52. The van der Waals surface area contributed by atoms with Crippen LogP contribution in [0.5, 0.6) is 0 Å². The zero-order valence-electron chi connectivity index (χ0n) is 6.86. The summed E-state index contributed by atoms with van der Waals surface area (Å²) in [6.07, 6.45) is 0. The van der Waals surface area contributed by atoms with Gasteiger partial charge in [-0.3, -0.25) is 0 Å². The van der Waals surface area contributed by atoms with Gasteiger partial charge in [0, 0.05) is 5.16 Å². The molecular weight excluding hydrogens is 127 g/mol. The molecule has 1 heteroatoms. The molecule has 0 heterocycles. The highest BCUT2D eigenvalue weighted by atomic mass is 31.0. The predicted molar refractivity (Wildman–Crippen MR) is 47.8 cm³/mol. The normalized spacial score (nSPS) is 12.2. The van der Waals surface area contributed by atoms with Crippen LogP contribution in [0, 0.1) is 5.92 Å². The summed E-state index contributed by atoms with van der Waals surface area (Å²) in [5, 5.41) is 0.203. The van der Waals surface area contributed by atoms with E-state index in [-0.39, 0.29) is 5.16 Å². The Morgan fingerprint density at radius 1 is 1.44 bits per heavy atom. The van der Waals surface area contributed by atoms with Crippen LogP contribution in [-0.4, -0.2) is 5.16 Å². The lowest BCUT2D eigenvalue weighted by molar-refractivity contribution is 0.663. The van der Waals surface area contributed by atoms with Crippen LogP contribution in [0.2, 0.25) is 0 Å². The van der Waals surface area contributed by atoms with Gasteiger partial charge in [0.15, 0.2) is 0 Å². The Balaban J connectivity index is 4.06. The van der Waals surface area contributed by atoms with Gasteiger partial charge >= 0.3 is 0 Å². The summed E-state index contributed by atoms with van der Waals surface area (Å²) in [5.74, 6) is 0.595. The first kappa shape index (κ1) is 9.17. The van der Waals surface area contributed by atoms with Crippen molar-refractivity contribution < 1.29 is 0 Å². The lowest BCUT2D eigenvalue weighted by Crippen LogP contribution is -2.16. The summed E-state index contributed by atoms with van der Waals surface area (Å²) in [5.41, 5.74) is 1.30. The van der Waals surface area contributed by atoms with Gasteiger partial charge in [-0.25, -0.2) is 0 Å². The summed E-state index contributed by atoms with van der Waals surface area (Å²) < 4.78 is 0. The quantitative estimate of drug-likeness (QED) is 0.413. The van der Waals surface area contributed by atoms with Crippen LogP contribution in [0.25, 0.3) is 0 Å². The molecule has 0 rings (SSSR count). The third kappa shape index (κ3) is 3.01. The Morgan fingerprint density at radius 2 is 1.78 bits per heavy atom. The van der Waals surface area contributed by atoms with Crippen molar-refractivity contribution in [3.8, 4) is 0 Å². The van der Waals surface area contributed by atoms with E-state index < -0.39 is 0 Å². The minimum absolute atomic E-state index is 0.203. The predicted octanol–water partition coefficient (Wildman–Crippen LogP) is 2.85. The topological polar surface area (TPSA) is 0 Å². The van der Waals surface area contributed by atoms with Crippen LogP contribution in [0.1, 0.15) is 27.7 Å². The number of rotatable bonds is 2. The molecule has 0 aromatic rings. The van der Waals surface area contributed by atoms with E-state index in [9.17, 15) is 0 Å². The van der Waals surface area contributed by atoms with E-state index in [1.54, 1.807) is 0 Å². The van der Waals surface area contributed by atoms with Gasteiger partial charge in [0.25, 0.3) is 0 Å². The second kappa shape index (κ2) is 2.84. The molecule has 0 nitrogen and oxygen atoms in total. The standard InChI is InChI=1S/C8H17P/c1-6(2)7(3)8(4,5)9/h6H,3,9H2,1-2,4-5H3. The fourth-order valence-electron chi connectivity index (χ4n) is 0.744. The van der Waals surface area contributed by atoms with Gasteiger partial charge in [-0.05, 0) is 5.92 Å². The fraction of sp³-hybridized carbons (Fsp3) is 0.750. The van der Waals surface area contributed by atoms with Crippen molar-refractivity contribution >= 4 is 9.24 Å². The lowest BCUT2D eigenvalue weighted by Gasteiger charge is -2.24. The molecule has 0 radical (unpaired) electrons. The van der Waals surface area contributed by atoms with Gasteiger partial charge < -0.3 is 0 Å². The van der Waals surface area contributed by atoms with E-state index in [4.69, 9.17) is 0 Å². The van der Waals surface area contributed by atoms with Crippen LogP contribution in [0.4, 0.5) is 0 Å². The molecule has 0 saturated carbocycles. The maximum Gasteiger partial charge on any atom is 0.0000237 e. The monoisotopic (exact) mass is 144 g/mol. The Morgan fingerprint density at radius 3 is 1.78 bits per heavy atom. The minimum atomic E-state index is 0.203. The maximum absolute atomic E-state index is 4.00. The van der Waals surface area contributed by atoms with Crippen molar-refractivity contribution in [1.82, 2.24) is 0 Å². The smallest absolute Gasteiger partial charge is 0.0000237 e. The first-order valence-electron chi connectivity index (χ1n) is 3.34. The molecule has 54 valence electrons. The molecule has 0 saturated heterocycles. The summed E-state index contributed by atoms with van der Waals surface area (Å²) in [7, 11) is 2.80. The Hall–Kier alpha value is 0.170. The summed E-state index contributed by atoms with van der Waals surface area (Å²) in [6, 6.07) is 0. The van der Waals surface area contributed by atoms with Crippen molar-refractivity contribution in [2.75, 3.05) is 0 Å². The van der Waals surface area contributed by atoms with Crippen molar-refractivity contribution in [2.24, 2.45) is 5.92 Å². The molecule has 0 N–H and O–H groups in total.